The van der Waals surface area contributed by atoms with Crippen LogP contribution in [0.4, 0.5) is 0 Å². The molecule has 0 saturated carbocycles. The van der Waals surface area contributed by atoms with Crippen LogP contribution in [0.2, 0.25) is 0 Å². The van der Waals surface area contributed by atoms with E-state index in [0.29, 0.717) is 16.2 Å². The highest BCUT2D eigenvalue weighted by atomic mass is 31.2. The lowest BCUT2D eigenvalue weighted by Gasteiger charge is -2.21. The van der Waals surface area contributed by atoms with Gasteiger partial charge in [-0.3, -0.25) is 0 Å². The first-order chi connectivity index (χ1) is 11.0. The molecular formula is C18H21O4P. The maximum Gasteiger partial charge on any atom is 0.339 e. The van der Waals surface area contributed by atoms with Gasteiger partial charge < -0.3 is 14.0 Å². The van der Waals surface area contributed by atoms with E-state index < -0.39 is 13.1 Å². The van der Waals surface area contributed by atoms with Crippen molar-refractivity contribution in [2.75, 3.05) is 13.5 Å². The molecule has 0 aliphatic heterocycles. The summed E-state index contributed by atoms with van der Waals surface area (Å²) >= 11 is 0. The Balaban J connectivity index is 2.57. The van der Waals surface area contributed by atoms with E-state index in [4.69, 9.17) is 9.47 Å². The second-order valence-corrected chi connectivity index (χ2v) is 8.20. The molecule has 1 unspecified atom stereocenters. The van der Waals surface area contributed by atoms with Crippen molar-refractivity contribution in [3.05, 3.63) is 60.2 Å². The van der Waals surface area contributed by atoms with Gasteiger partial charge in [0.1, 0.15) is 6.35 Å². The average Bonchev–Trinajstić information content (AvgIpc) is 2.55. The number of methoxy groups -OCH3 is 1. The molecule has 0 amide bonds. The Morgan fingerprint density at radius 2 is 1.65 bits per heavy atom. The molecule has 2 aromatic rings. The van der Waals surface area contributed by atoms with E-state index in [1.165, 1.54) is 7.11 Å². The van der Waals surface area contributed by atoms with Gasteiger partial charge in [0.25, 0.3) is 0 Å². The lowest BCUT2D eigenvalue weighted by atomic mass is 10.2. The third kappa shape index (κ3) is 3.90. The number of esters is 1. The van der Waals surface area contributed by atoms with Crippen molar-refractivity contribution in [3.63, 3.8) is 0 Å². The van der Waals surface area contributed by atoms with Crippen molar-refractivity contribution in [2.24, 2.45) is 0 Å². The standard InChI is InChI=1S/C18H21O4P/c1-14(2)22-18(19)16-11-7-8-12-17(16)23(20,13-21-3)15-9-5-4-6-10-15/h4-12,14H,13H2,1-3H3. The van der Waals surface area contributed by atoms with Gasteiger partial charge >= 0.3 is 5.97 Å². The van der Waals surface area contributed by atoms with Crippen LogP contribution in [0, 0.1) is 0 Å². The monoisotopic (exact) mass is 332 g/mol. The topological polar surface area (TPSA) is 52.6 Å². The fraction of sp³-hybridized carbons (Fsp3) is 0.278. The maximum absolute atomic E-state index is 13.7. The number of hydrogen-bond donors (Lipinski definition) is 0. The minimum Gasteiger partial charge on any atom is -0.459 e. The molecule has 4 nitrogen and oxygen atoms in total. The van der Waals surface area contributed by atoms with Crippen LogP contribution in [0.15, 0.2) is 54.6 Å². The van der Waals surface area contributed by atoms with Gasteiger partial charge in [-0.15, -0.1) is 0 Å². The Morgan fingerprint density at radius 1 is 1.04 bits per heavy atom. The number of rotatable bonds is 6. The van der Waals surface area contributed by atoms with E-state index in [1.54, 1.807) is 50.2 Å². The minimum atomic E-state index is -3.08. The van der Waals surface area contributed by atoms with E-state index in [9.17, 15) is 9.36 Å². The fourth-order valence-electron chi connectivity index (χ4n) is 2.37. The molecule has 122 valence electrons. The van der Waals surface area contributed by atoms with Crippen LogP contribution in [0.25, 0.3) is 0 Å². The first kappa shape index (κ1) is 17.5. The molecule has 23 heavy (non-hydrogen) atoms. The number of benzene rings is 2. The van der Waals surface area contributed by atoms with Crippen LogP contribution in [0.1, 0.15) is 24.2 Å². The van der Waals surface area contributed by atoms with Gasteiger partial charge in [-0.2, -0.15) is 0 Å². The summed E-state index contributed by atoms with van der Waals surface area (Å²) in [5.74, 6) is -0.470. The maximum atomic E-state index is 13.7. The molecule has 0 spiro atoms. The molecule has 0 heterocycles. The van der Waals surface area contributed by atoms with E-state index >= 15 is 0 Å². The third-order valence-corrected chi connectivity index (χ3v) is 6.26. The number of carbonyl (C=O) groups is 1. The molecule has 0 aromatic heterocycles. The fourth-order valence-corrected chi connectivity index (χ4v) is 4.84. The van der Waals surface area contributed by atoms with Crippen LogP contribution in [-0.2, 0) is 14.0 Å². The van der Waals surface area contributed by atoms with Gasteiger partial charge in [0.15, 0.2) is 7.14 Å². The number of ether oxygens (including phenoxy) is 2. The molecule has 0 aliphatic rings. The largest absolute Gasteiger partial charge is 0.459 e. The van der Waals surface area contributed by atoms with Crippen LogP contribution < -0.4 is 10.6 Å². The Kier molecular flexibility index (Phi) is 5.75. The lowest BCUT2D eigenvalue weighted by molar-refractivity contribution is 0.0379. The molecular weight excluding hydrogens is 311 g/mol. The van der Waals surface area contributed by atoms with Crippen LogP contribution in [0.5, 0.6) is 0 Å². The minimum absolute atomic E-state index is 0.0307. The first-order valence-electron chi connectivity index (χ1n) is 7.43. The smallest absolute Gasteiger partial charge is 0.339 e. The molecule has 0 bridgehead atoms. The van der Waals surface area contributed by atoms with Gasteiger partial charge in [-0.1, -0.05) is 48.5 Å². The number of hydrogen-bond acceptors (Lipinski definition) is 4. The lowest BCUT2D eigenvalue weighted by Crippen LogP contribution is -2.26. The zero-order valence-corrected chi connectivity index (χ0v) is 14.5. The van der Waals surface area contributed by atoms with Gasteiger partial charge in [0.2, 0.25) is 0 Å². The molecule has 0 N–H and O–H groups in total. The molecule has 1 atom stereocenters. The third-order valence-electron chi connectivity index (χ3n) is 3.34. The molecule has 5 heteroatoms. The molecule has 0 saturated heterocycles. The van der Waals surface area contributed by atoms with E-state index in [-0.39, 0.29) is 12.5 Å². The van der Waals surface area contributed by atoms with E-state index in [2.05, 4.69) is 0 Å². The summed E-state index contributed by atoms with van der Waals surface area (Å²) in [6.07, 6.45) is -0.211. The van der Waals surface area contributed by atoms with Gasteiger partial charge in [0.05, 0.1) is 11.7 Å². The summed E-state index contributed by atoms with van der Waals surface area (Å²) in [5, 5.41) is 1.13. The highest BCUT2D eigenvalue weighted by Crippen LogP contribution is 2.44. The summed E-state index contributed by atoms with van der Waals surface area (Å²) in [5.41, 5.74) is 0.324. The van der Waals surface area contributed by atoms with Crippen molar-refractivity contribution in [3.8, 4) is 0 Å². The van der Waals surface area contributed by atoms with E-state index in [0.717, 1.165) is 0 Å². The zero-order chi connectivity index (χ0) is 16.9. The highest BCUT2D eigenvalue weighted by Gasteiger charge is 2.32. The molecule has 2 rings (SSSR count). The highest BCUT2D eigenvalue weighted by molar-refractivity contribution is 7.78. The van der Waals surface area contributed by atoms with Gasteiger partial charge in [-0.25, -0.2) is 4.79 Å². The van der Waals surface area contributed by atoms with Crippen molar-refractivity contribution in [1.29, 1.82) is 0 Å². The molecule has 0 radical (unpaired) electrons. The average molecular weight is 332 g/mol. The Bertz CT molecular complexity index is 710. The van der Waals surface area contributed by atoms with Crippen molar-refractivity contribution >= 4 is 23.7 Å². The Labute approximate surface area is 136 Å². The van der Waals surface area contributed by atoms with Crippen LogP contribution in [0.3, 0.4) is 0 Å². The summed E-state index contributed by atoms with van der Waals surface area (Å²) in [6, 6.07) is 16.0. The Hall–Kier alpha value is -1.90. The van der Waals surface area contributed by atoms with Crippen molar-refractivity contribution in [1.82, 2.24) is 0 Å². The summed E-state index contributed by atoms with van der Waals surface area (Å²) < 4.78 is 24.2. The number of carbonyl (C=O) groups excluding carboxylic acids is 1. The second-order valence-electron chi connectivity index (χ2n) is 5.46. The second kappa shape index (κ2) is 7.58. The Morgan fingerprint density at radius 3 is 2.26 bits per heavy atom. The normalized spacial score (nSPS) is 13.6. The van der Waals surface area contributed by atoms with E-state index in [1.807, 2.05) is 18.2 Å². The summed E-state index contributed by atoms with van der Waals surface area (Å²) in [6.45, 7) is 3.57. The van der Waals surface area contributed by atoms with Crippen molar-refractivity contribution in [2.45, 2.75) is 20.0 Å². The first-order valence-corrected chi connectivity index (χ1v) is 9.32. The molecule has 2 aromatic carbocycles. The predicted octanol–water partition coefficient (Wildman–Crippen LogP) is 3.17. The van der Waals surface area contributed by atoms with Gasteiger partial charge in [-0.05, 0) is 19.9 Å². The van der Waals surface area contributed by atoms with Gasteiger partial charge in [0, 0.05) is 17.7 Å². The van der Waals surface area contributed by atoms with Crippen LogP contribution >= 0.6 is 7.14 Å². The molecule has 0 fully saturated rings. The predicted molar refractivity (Wildman–Crippen MR) is 92.2 cm³/mol. The summed E-state index contributed by atoms with van der Waals surface area (Å²) in [4.78, 5) is 12.4. The van der Waals surface area contributed by atoms with Crippen molar-refractivity contribution < 1.29 is 18.8 Å². The quantitative estimate of drug-likeness (QED) is 0.602. The van der Waals surface area contributed by atoms with Crippen LogP contribution in [-0.4, -0.2) is 25.5 Å². The summed E-state index contributed by atoms with van der Waals surface area (Å²) in [7, 11) is -1.58. The molecule has 0 aliphatic carbocycles. The SMILES string of the molecule is COCP(=O)(c1ccccc1)c1ccccc1C(=O)OC(C)C. The zero-order valence-electron chi connectivity index (χ0n) is 13.6.